The van der Waals surface area contributed by atoms with Crippen molar-refractivity contribution in [1.29, 1.82) is 0 Å². The van der Waals surface area contributed by atoms with Gasteiger partial charge in [-0.05, 0) is 20.8 Å². The lowest BCUT2D eigenvalue weighted by atomic mass is 10.3. The van der Waals surface area contributed by atoms with Crippen LogP contribution in [0.2, 0.25) is 0 Å². The van der Waals surface area contributed by atoms with Gasteiger partial charge in [0, 0.05) is 30.7 Å². The van der Waals surface area contributed by atoms with Gasteiger partial charge in [0.1, 0.15) is 0 Å². The van der Waals surface area contributed by atoms with Crippen LogP contribution in [-0.4, -0.2) is 31.3 Å². The highest BCUT2D eigenvalue weighted by atomic mass is 32.1. The summed E-state index contributed by atoms with van der Waals surface area (Å²) in [6, 6.07) is 0.0616. The van der Waals surface area contributed by atoms with Crippen molar-refractivity contribution in [2.45, 2.75) is 32.9 Å². The molecule has 0 saturated carbocycles. The van der Waals surface area contributed by atoms with Crippen LogP contribution in [0, 0.1) is 0 Å². The lowest BCUT2D eigenvalue weighted by Crippen LogP contribution is -2.23. The Morgan fingerprint density at radius 1 is 1.50 bits per heavy atom. The summed E-state index contributed by atoms with van der Waals surface area (Å²) in [7, 11) is 2.02. The molecule has 16 heavy (non-hydrogen) atoms. The molecule has 0 saturated heterocycles. The van der Waals surface area contributed by atoms with Crippen LogP contribution in [0.5, 0.6) is 0 Å². The van der Waals surface area contributed by atoms with Crippen molar-refractivity contribution in [2.24, 2.45) is 5.73 Å². The van der Waals surface area contributed by atoms with Crippen LogP contribution in [0.1, 0.15) is 31.7 Å². The molecule has 0 spiro atoms. The number of nitrogens with two attached hydrogens (primary N) is 1. The Morgan fingerprint density at radius 2 is 2.19 bits per heavy atom. The topological polar surface area (TPSA) is 51.4 Å². The number of hydrogen-bond donors (Lipinski definition) is 1. The van der Waals surface area contributed by atoms with E-state index in [1.165, 1.54) is 0 Å². The van der Waals surface area contributed by atoms with Gasteiger partial charge in [-0.3, -0.25) is 0 Å². The van der Waals surface area contributed by atoms with Crippen LogP contribution in [0.3, 0.4) is 0 Å². The number of rotatable bonds is 6. The number of aromatic nitrogens is 1. The van der Waals surface area contributed by atoms with Crippen LogP contribution >= 0.6 is 11.3 Å². The molecule has 0 aliphatic carbocycles. The van der Waals surface area contributed by atoms with E-state index >= 15 is 0 Å². The number of likely N-dealkylation sites (N-methyl/N-ethyl adjacent to an activating group) is 1. The SMILES string of the molecule is CC(C)OCCN(C)c1ncc(C(C)N)s1. The molecule has 5 heteroatoms. The minimum atomic E-state index is 0.0616. The molecule has 1 heterocycles. The van der Waals surface area contributed by atoms with E-state index in [1.807, 2.05) is 34.0 Å². The average Bonchev–Trinajstić information content (AvgIpc) is 2.65. The van der Waals surface area contributed by atoms with Crippen molar-refractivity contribution in [2.75, 3.05) is 25.1 Å². The van der Waals surface area contributed by atoms with Crippen molar-refractivity contribution in [1.82, 2.24) is 4.98 Å². The summed E-state index contributed by atoms with van der Waals surface area (Å²) in [5.41, 5.74) is 5.79. The summed E-state index contributed by atoms with van der Waals surface area (Å²) in [5.74, 6) is 0. The maximum Gasteiger partial charge on any atom is 0.185 e. The summed E-state index contributed by atoms with van der Waals surface area (Å²) >= 11 is 1.64. The number of hydrogen-bond acceptors (Lipinski definition) is 5. The largest absolute Gasteiger partial charge is 0.377 e. The molecule has 4 nitrogen and oxygen atoms in total. The van der Waals surface area contributed by atoms with Gasteiger partial charge in [0.25, 0.3) is 0 Å². The Labute approximate surface area is 101 Å². The first kappa shape index (κ1) is 13.4. The molecule has 1 aromatic rings. The van der Waals surface area contributed by atoms with Crippen LogP contribution in [-0.2, 0) is 4.74 Å². The molecule has 0 bridgehead atoms. The minimum absolute atomic E-state index is 0.0616. The highest BCUT2D eigenvalue weighted by Gasteiger charge is 2.09. The Morgan fingerprint density at radius 3 is 2.69 bits per heavy atom. The molecule has 1 atom stereocenters. The lowest BCUT2D eigenvalue weighted by Gasteiger charge is -2.16. The summed E-state index contributed by atoms with van der Waals surface area (Å²) in [6.45, 7) is 7.62. The van der Waals surface area contributed by atoms with E-state index in [-0.39, 0.29) is 12.1 Å². The zero-order valence-corrected chi connectivity index (χ0v) is 11.3. The van der Waals surface area contributed by atoms with Crippen LogP contribution in [0.15, 0.2) is 6.20 Å². The maximum atomic E-state index is 5.79. The second-order valence-electron chi connectivity index (χ2n) is 4.17. The summed E-state index contributed by atoms with van der Waals surface area (Å²) in [6.07, 6.45) is 2.13. The van der Waals surface area contributed by atoms with Gasteiger partial charge >= 0.3 is 0 Å². The second kappa shape index (κ2) is 6.18. The Balaban J connectivity index is 2.43. The van der Waals surface area contributed by atoms with E-state index < -0.39 is 0 Å². The molecule has 92 valence electrons. The number of thiazole rings is 1. The van der Waals surface area contributed by atoms with Crippen molar-refractivity contribution in [3.05, 3.63) is 11.1 Å². The van der Waals surface area contributed by atoms with Gasteiger partial charge < -0.3 is 15.4 Å². The Bertz CT molecular complexity index is 312. The molecule has 0 aromatic carbocycles. The Kier molecular flexibility index (Phi) is 5.18. The van der Waals surface area contributed by atoms with Crippen LogP contribution < -0.4 is 10.6 Å². The van der Waals surface area contributed by atoms with Gasteiger partial charge in [0.15, 0.2) is 5.13 Å². The van der Waals surface area contributed by atoms with Crippen molar-refractivity contribution >= 4 is 16.5 Å². The quantitative estimate of drug-likeness (QED) is 0.830. The van der Waals surface area contributed by atoms with Crippen molar-refractivity contribution in [3.63, 3.8) is 0 Å². The summed E-state index contributed by atoms with van der Waals surface area (Å²) in [5, 5.41) is 1.000. The zero-order valence-electron chi connectivity index (χ0n) is 10.4. The third kappa shape index (κ3) is 4.08. The smallest absolute Gasteiger partial charge is 0.185 e. The Hall–Kier alpha value is -0.650. The fourth-order valence-electron chi connectivity index (χ4n) is 1.18. The molecule has 1 unspecified atom stereocenters. The summed E-state index contributed by atoms with van der Waals surface area (Å²) < 4.78 is 5.50. The maximum absolute atomic E-state index is 5.79. The molecule has 0 fully saturated rings. The third-order valence-electron chi connectivity index (χ3n) is 2.16. The molecule has 1 aromatic heterocycles. The van der Waals surface area contributed by atoms with Gasteiger partial charge in [0.05, 0.1) is 12.7 Å². The fraction of sp³-hybridized carbons (Fsp3) is 0.727. The molecular weight excluding hydrogens is 222 g/mol. The molecule has 1 rings (SSSR count). The minimum Gasteiger partial charge on any atom is -0.377 e. The molecule has 0 aliphatic heterocycles. The zero-order chi connectivity index (χ0) is 12.1. The second-order valence-corrected chi connectivity index (χ2v) is 5.22. The fourth-order valence-corrected chi connectivity index (χ4v) is 2.04. The highest BCUT2D eigenvalue weighted by molar-refractivity contribution is 7.15. The van der Waals surface area contributed by atoms with E-state index in [2.05, 4.69) is 9.88 Å². The summed E-state index contributed by atoms with van der Waals surface area (Å²) in [4.78, 5) is 7.56. The van der Waals surface area contributed by atoms with E-state index in [0.29, 0.717) is 0 Å². The normalized spacial score (nSPS) is 13.1. The van der Waals surface area contributed by atoms with E-state index in [0.717, 1.165) is 23.2 Å². The molecule has 2 N–H and O–H groups in total. The van der Waals surface area contributed by atoms with Gasteiger partial charge in [0.2, 0.25) is 0 Å². The van der Waals surface area contributed by atoms with Crippen LogP contribution in [0.25, 0.3) is 0 Å². The number of anilines is 1. The van der Waals surface area contributed by atoms with E-state index in [4.69, 9.17) is 10.5 Å². The predicted molar refractivity (Wildman–Crippen MR) is 69.1 cm³/mol. The standard InChI is InChI=1S/C11H21N3OS/c1-8(2)15-6-5-14(4)11-13-7-10(16-11)9(3)12/h7-9H,5-6,12H2,1-4H3. The van der Waals surface area contributed by atoms with Gasteiger partial charge in [-0.2, -0.15) is 0 Å². The van der Waals surface area contributed by atoms with Crippen molar-refractivity contribution < 1.29 is 4.74 Å². The average molecular weight is 243 g/mol. The van der Waals surface area contributed by atoms with Crippen molar-refractivity contribution in [3.8, 4) is 0 Å². The molecular formula is C11H21N3OS. The predicted octanol–water partition coefficient (Wildman–Crippen LogP) is 2.02. The number of ether oxygens (including phenoxy) is 1. The third-order valence-corrected chi connectivity index (χ3v) is 3.48. The first-order chi connectivity index (χ1) is 7.50. The monoisotopic (exact) mass is 243 g/mol. The van der Waals surface area contributed by atoms with Gasteiger partial charge in [-0.25, -0.2) is 4.98 Å². The van der Waals surface area contributed by atoms with Crippen LogP contribution in [0.4, 0.5) is 5.13 Å². The van der Waals surface area contributed by atoms with Gasteiger partial charge in [-0.15, -0.1) is 11.3 Å². The van der Waals surface area contributed by atoms with E-state index in [1.54, 1.807) is 11.3 Å². The highest BCUT2D eigenvalue weighted by Crippen LogP contribution is 2.24. The van der Waals surface area contributed by atoms with Gasteiger partial charge in [-0.1, -0.05) is 0 Å². The lowest BCUT2D eigenvalue weighted by molar-refractivity contribution is 0.0846. The molecule has 0 radical (unpaired) electrons. The number of nitrogens with zero attached hydrogens (tertiary/aromatic N) is 2. The molecule has 0 amide bonds. The first-order valence-corrected chi connectivity index (χ1v) is 6.36. The van der Waals surface area contributed by atoms with E-state index in [9.17, 15) is 0 Å². The first-order valence-electron chi connectivity index (χ1n) is 5.54. The molecule has 0 aliphatic rings.